The number of ether oxygens (including phenoxy) is 4. The van der Waals surface area contributed by atoms with Crippen LogP contribution >= 0.6 is 0 Å². The fourth-order valence-corrected chi connectivity index (χ4v) is 20.9. The highest BCUT2D eigenvalue weighted by Gasteiger charge is 2.61. The Morgan fingerprint density at radius 2 is 0.783 bits per heavy atom. The maximum Gasteiger partial charge on any atom is 0.143 e. The van der Waals surface area contributed by atoms with E-state index in [1.54, 1.807) is 49.6 Å². The number of rotatable bonds is 13. The topological polar surface area (TPSA) is 456 Å². The molecule has 13 aromatic rings. The highest BCUT2D eigenvalue weighted by molar-refractivity contribution is 5.81. The van der Waals surface area contributed by atoms with Crippen LogP contribution in [0.4, 0.5) is 17.5 Å². The van der Waals surface area contributed by atoms with Crippen LogP contribution in [0.15, 0.2) is 154 Å². The van der Waals surface area contributed by atoms with Gasteiger partial charge in [0.1, 0.15) is 95.4 Å². The minimum atomic E-state index is -0.884. The summed E-state index contributed by atoms with van der Waals surface area (Å²) in [6, 6.07) is 24.2. The number of aliphatic hydroxyl groups is 8. The van der Waals surface area contributed by atoms with Crippen molar-refractivity contribution in [1.29, 1.82) is 0 Å². The Balaban J connectivity index is 0.000000110. The summed E-state index contributed by atoms with van der Waals surface area (Å²) in [7, 11) is 0. The molecule has 13 aromatic heterocycles. The van der Waals surface area contributed by atoms with Crippen molar-refractivity contribution in [2.45, 2.75) is 216 Å². The molecule has 0 amide bonds. The van der Waals surface area contributed by atoms with Crippen LogP contribution in [0.5, 0.6) is 0 Å². The van der Waals surface area contributed by atoms with Crippen LogP contribution in [0.25, 0.3) is 49.8 Å². The smallest absolute Gasteiger partial charge is 0.143 e. The molecule has 32 nitrogen and oxygen atoms in total. The Kier molecular flexibility index (Phi) is 21.6. The van der Waals surface area contributed by atoms with Gasteiger partial charge < -0.3 is 99.7 Å². The zero-order valence-electron chi connectivity index (χ0n) is 67.7. The van der Waals surface area contributed by atoms with Crippen LogP contribution in [0, 0.1) is 56.3 Å². The van der Waals surface area contributed by atoms with Gasteiger partial charge in [0.05, 0.1) is 122 Å². The molecule has 628 valence electrons. The Bertz CT molecular complexity index is 5870. The van der Waals surface area contributed by atoms with Gasteiger partial charge in [-0.3, -0.25) is 0 Å². The van der Waals surface area contributed by atoms with Crippen LogP contribution in [-0.4, -0.2) is 217 Å². The van der Waals surface area contributed by atoms with E-state index in [2.05, 4.69) is 65.9 Å². The lowest BCUT2D eigenvalue weighted by atomic mass is 9.80. The van der Waals surface area contributed by atoms with Crippen molar-refractivity contribution in [2.75, 3.05) is 43.6 Å². The fourth-order valence-electron chi connectivity index (χ4n) is 20.9. The first kappa shape index (κ1) is 80.6. The molecule has 8 aliphatic rings. The second-order valence-electron chi connectivity index (χ2n) is 35.0. The molecule has 0 aromatic carbocycles. The Morgan fingerprint density at radius 3 is 1.21 bits per heavy atom. The predicted octanol–water partition coefficient (Wildman–Crippen LogP) is 7.50. The summed E-state index contributed by atoms with van der Waals surface area (Å²) < 4.78 is 34.3. The Morgan fingerprint density at radius 1 is 0.383 bits per heavy atom. The monoisotopic (exact) mass is 1630 g/mol. The molecule has 0 unspecified atom stereocenters. The molecule has 0 radical (unpaired) electrons. The molecule has 4 aliphatic heterocycles. The van der Waals surface area contributed by atoms with Crippen molar-refractivity contribution in [2.24, 2.45) is 21.7 Å². The molecule has 4 saturated carbocycles. The van der Waals surface area contributed by atoms with Crippen molar-refractivity contribution in [3.63, 3.8) is 0 Å². The molecule has 0 bridgehead atoms. The number of aryl methyl sites for hydroxylation is 7. The van der Waals surface area contributed by atoms with Gasteiger partial charge in [0.25, 0.3) is 0 Å². The van der Waals surface area contributed by atoms with E-state index < -0.39 is 70.5 Å². The molecule has 8 fully saturated rings. The molecule has 20 atom stereocenters. The number of aliphatic hydroxyl groups excluding tert-OH is 8. The summed E-state index contributed by atoms with van der Waals surface area (Å²) in [5, 5.41) is 91.6. The average molecular weight is 1630 g/mol. The maximum atomic E-state index is 11.1. The van der Waals surface area contributed by atoms with E-state index in [-0.39, 0.29) is 48.6 Å². The van der Waals surface area contributed by atoms with Gasteiger partial charge in [0.2, 0.25) is 0 Å². The molecule has 32 heteroatoms. The van der Waals surface area contributed by atoms with Crippen LogP contribution in [0.2, 0.25) is 0 Å². The standard InChI is InChI=1S/C23H25N5O3.2C22H27N5O3.C21H25N5O3/c1-13-10-24-19-7-15(3-5-27(13)19)18-9-23(11-31-18)8-17(20(29)21(23)30)28-6-4-16-14(2)25-12-26-22(16)28;1-13-16-6-7-27(21(16)26-12-25-13)17-9-22(20(29)19(17)28)8-15(30-11-22)4-2-14-3-5-18(23)24-10-14;1-13-16-7-8-27(21(16)25-12-24-13)17-10-22(20(29)19(17)28)9-15(30-11-22)6-5-14-3-2-4-18(23)26-14;1-12-15-4-5-26(20(15)25-11-24-12)16-8-21(19(28)18(16)27)7-14(29-10-21)6-13-2-3-17(22)23-9-13/h3-7,10,12,17-18,20-21,29-30H,8-9,11H2,1-2H3;3,5-7,10,12,15,17,19-20,28-29H,2,4,8-9,11H2,1H3,(H2,23,24);2-4,7-8,12,15,17,19-20,28-29H,5-6,9-11H2,1H3,(H2,23,26);2-5,9,11,14,16,18-19,27-28H,6-8,10H2,1H3,(H2,22,23)/t17-,18-,20+,21+,23-;2*15-,17+,19-,20-,22-;14-,16+,18-,19-,21-/m1000/s1. The second kappa shape index (κ2) is 32.2. The van der Waals surface area contributed by atoms with E-state index in [9.17, 15) is 40.9 Å². The molecule has 4 aliphatic carbocycles. The molecular weight excluding hydrogens is 1530 g/mol. The van der Waals surface area contributed by atoms with E-state index >= 15 is 0 Å². The number of imidazole rings is 1. The van der Waals surface area contributed by atoms with Crippen LogP contribution < -0.4 is 17.2 Å². The Hall–Kier alpha value is -10.5. The number of aromatic nitrogens is 17. The van der Waals surface area contributed by atoms with Gasteiger partial charge in [0.15, 0.2) is 0 Å². The van der Waals surface area contributed by atoms with E-state index in [1.165, 1.54) is 6.33 Å². The van der Waals surface area contributed by atoms with Gasteiger partial charge in [-0.25, -0.2) is 59.8 Å². The van der Waals surface area contributed by atoms with Gasteiger partial charge in [-0.15, -0.1) is 0 Å². The minimum Gasteiger partial charge on any atom is -0.390 e. The van der Waals surface area contributed by atoms with Crippen LogP contribution in [0.1, 0.15) is 145 Å². The number of nitrogens with zero attached hydrogens (tertiary/aromatic N) is 17. The third-order valence-corrected chi connectivity index (χ3v) is 27.6. The predicted molar refractivity (Wildman–Crippen MR) is 444 cm³/mol. The van der Waals surface area contributed by atoms with E-state index in [0.717, 1.165) is 139 Å². The van der Waals surface area contributed by atoms with Crippen molar-refractivity contribution in [3.05, 3.63) is 205 Å². The summed E-state index contributed by atoms with van der Waals surface area (Å²) >= 11 is 0. The largest absolute Gasteiger partial charge is 0.390 e. The number of anilines is 3. The lowest BCUT2D eigenvalue weighted by Gasteiger charge is -2.26. The number of fused-ring (bicyclic) bond motifs is 5. The SMILES string of the molecule is Cc1ncnc2c1ccn2[C@@H]1C[C@@]2(CO[C@@H](CCc3ccc(N)nc3)C2)[C@@H](O)[C@H]1O.Cc1ncnc2c1ccn2[C@@H]1C[C@@]2(CO[C@@H](CCc3cccc(N)n3)C2)[C@@H](O)[C@H]1O.Cc1ncnc2c1ccn2[C@@H]1C[C@@]2(CO[C@@H](Cc3ccc(N)nc3)C2)[C@@H](O)[C@H]1O.Cc1ncnc2c1ccn2[C@@H]1C[C@@]2(CO[C@@H](c3ccn4c(C)cnc4c3)C2)[C@@H](O)[C@H]1O. The highest BCUT2D eigenvalue weighted by atomic mass is 16.5. The van der Waals surface area contributed by atoms with Gasteiger partial charge >= 0.3 is 0 Å². The molecule has 17 heterocycles. The minimum absolute atomic E-state index is 0.0213. The average Bonchev–Trinajstić information content (AvgIpc) is 1.60. The number of hydrogen-bond acceptors (Lipinski definition) is 27. The summed E-state index contributed by atoms with van der Waals surface area (Å²) in [5.41, 5.74) is 28.1. The molecule has 4 saturated heterocycles. The normalized spacial score (nSPS) is 31.2. The molecule has 21 rings (SSSR count). The zero-order valence-corrected chi connectivity index (χ0v) is 67.7. The number of nitrogen functional groups attached to an aromatic ring is 3. The third-order valence-electron chi connectivity index (χ3n) is 27.6. The zero-order chi connectivity index (χ0) is 83.3. The molecular formula is C88H104N20O12. The van der Waals surface area contributed by atoms with Crippen molar-refractivity contribution in [1.82, 2.24) is 82.5 Å². The lowest BCUT2D eigenvalue weighted by Crippen LogP contribution is -2.37. The lowest BCUT2D eigenvalue weighted by molar-refractivity contribution is -0.0309. The van der Waals surface area contributed by atoms with Crippen LogP contribution in [0.3, 0.4) is 0 Å². The second-order valence-corrected chi connectivity index (χ2v) is 35.0. The first-order chi connectivity index (χ1) is 57.9. The van der Waals surface area contributed by atoms with Gasteiger partial charge in [-0.2, -0.15) is 0 Å². The molecule has 14 N–H and O–H groups in total. The van der Waals surface area contributed by atoms with Gasteiger partial charge in [-0.1, -0.05) is 18.2 Å². The highest BCUT2D eigenvalue weighted by Crippen LogP contribution is 2.58. The first-order valence-corrected chi connectivity index (χ1v) is 41.5. The number of nitrogens with two attached hydrogens (primary N) is 3. The van der Waals surface area contributed by atoms with Crippen molar-refractivity contribution in [3.8, 4) is 0 Å². The molecule has 120 heavy (non-hydrogen) atoms. The van der Waals surface area contributed by atoms with Crippen molar-refractivity contribution >= 4 is 67.2 Å². The molecule has 4 spiro atoms. The maximum absolute atomic E-state index is 11.1. The van der Waals surface area contributed by atoms with E-state index in [4.69, 9.17) is 36.1 Å². The van der Waals surface area contributed by atoms with Crippen molar-refractivity contribution < 1.29 is 59.8 Å². The van der Waals surface area contributed by atoms with E-state index in [1.807, 2.05) is 149 Å². The summed E-state index contributed by atoms with van der Waals surface area (Å²) in [4.78, 5) is 51.7. The first-order valence-electron chi connectivity index (χ1n) is 41.5. The van der Waals surface area contributed by atoms with E-state index in [0.29, 0.717) is 88.8 Å². The number of pyridine rings is 4. The van der Waals surface area contributed by atoms with Crippen LogP contribution in [-0.2, 0) is 38.2 Å². The number of hydrogen-bond donors (Lipinski definition) is 11. The summed E-state index contributed by atoms with van der Waals surface area (Å²) in [6.45, 7) is 11.6. The summed E-state index contributed by atoms with van der Waals surface area (Å²) in [5.74, 6) is 1.53. The fraction of sp³-hybridized carbons (Fsp3) is 0.477. The summed E-state index contributed by atoms with van der Waals surface area (Å²) in [6.07, 6.45) is 23.8. The quantitative estimate of drug-likeness (QED) is 0.0532. The van der Waals surface area contributed by atoms with Gasteiger partial charge in [-0.05, 0) is 189 Å². The van der Waals surface area contributed by atoms with Gasteiger partial charge in [0, 0.05) is 111 Å². The Labute approximate surface area is 691 Å². The third kappa shape index (κ3) is 14.8.